The normalized spacial score (nSPS) is 13.1. The third-order valence-corrected chi connectivity index (χ3v) is 9.37. The van der Waals surface area contributed by atoms with E-state index in [-0.39, 0.29) is 42.8 Å². The van der Waals surface area contributed by atoms with Gasteiger partial charge in [-0.25, -0.2) is 0 Å². The van der Waals surface area contributed by atoms with Gasteiger partial charge in [-0.3, -0.25) is 9.59 Å². The summed E-state index contributed by atoms with van der Waals surface area (Å²) in [4.78, 5) is 24.4. The Hall–Kier alpha value is -1.14. The second-order valence-electron chi connectivity index (χ2n) is 15.2. The number of aliphatic hydroxyl groups excluding tert-OH is 2. The summed E-state index contributed by atoms with van der Waals surface area (Å²) < 4.78 is 11.0. The topological polar surface area (TPSA) is 93.1 Å². The third kappa shape index (κ3) is 34.5. The Labute approximate surface area is 291 Å². The second-order valence-corrected chi connectivity index (χ2v) is 15.2. The molecule has 0 aliphatic rings. The summed E-state index contributed by atoms with van der Waals surface area (Å²) >= 11 is 0. The van der Waals surface area contributed by atoms with Crippen LogP contribution in [0.3, 0.4) is 0 Å². The van der Waals surface area contributed by atoms with Crippen LogP contribution in [-0.2, 0) is 19.1 Å². The Kier molecular flexibility index (Phi) is 32.6. The van der Waals surface area contributed by atoms with E-state index in [1.807, 2.05) is 13.8 Å². The largest absolute Gasteiger partial charge is 0.465 e. The molecule has 0 aliphatic carbocycles. The fourth-order valence-electron chi connectivity index (χ4n) is 6.06. The molecule has 0 saturated heterocycles. The van der Waals surface area contributed by atoms with Crippen molar-refractivity contribution in [2.45, 2.75) is 233 Å². The van der Waals surface area contributed by atoms with Crippen molar-refractivity contribution in [1.29, 1.82) is 0 Å². The van der Waals surface area contributed by atoms with Gasteiger partial charge in [0.15, 0.2) is 0 Å². The van der Waals surface area contributed by atoms with Crippen molar-refractivity contribution in [3.8, 4) is 0 Å². The number of aliphatic hydroxyl groups is 2. The highest BCUT2D eigenvalue weighted by molar-refractivity contribution is 5.69. The maximum atomic E-state index is 12.2. The average Bonchev–Trinajstić information content (AvgIpc) is 3.05. The van der Waals surface area contributed by atoms with Gasteiger partial charge >= 0.3 is 11.9 Å². The Bertz CT molecular complexity index is 637. The number of esters is 2. The molecule has 0 aliphatic heterocycles. The summed E-state index contributed by atoms with van der Waals surface area (Å²) in [6.45, 7) is 8.91. The first kappa shape index (κ1) is 45.9. The maximum absolute atomic E-state index is 12.2. The highest BCUT2D eigenvalue weighted by Crippen LogP contribution is 2.19. The lowest BCUT2D eigenvalue weighted by Crippen LogP contribution is -2.28. The average molecular weight is 669 g/mol. The summed E-state index contributed by atoms with van der Waals surface area (Å²) in [6, 6.07) is 0. The molecular weight excluding hydrogens is 588 g/mol. The molecule has 0 amide bonds. The number of carbonyl (C=O) groups is 2. The van der Waals surface area contributed by atoms with Crippen LogP contribution >= 0.6 is 0 Å². The lowest BCUT2D eigenvalue weighted by molar-refractivity contribution is -0.152. The maximum Gasteiger partial charge on any atom is 0.305 e. The molecule has 0 heterocycles. The first-order valence-corrected chi connectivity index (χ1v) is 20.4. The summed E-state index contributed by atoms with van der Waals surface area (Å²) in [6.07, 6.45) is 32.5. The Morgan fingerprint density at radius 2 is 0.702 bits per heavy atom. The van der Waals surface area contributed by atoms with Crippen LogP contribution in [0.5, 0.6) is 0 Å². The van der Waals surface area contributed by atoms with Gasteiger partial charge in [0, 0.05) is 18.3 Å². The van der Waals surface area contributed by atoms with Gasteiger partial charge in [-0.2, -0.15) is 0 Å². The van der Waals surface area contributed by atoms with Crippen LogP contribution in [0, 0.1) is 5.41 Å². The molecule has 0 radical (unpaired) electrons. The first-order valence-electron chi connectivity index (χ1n) is 20.4. The Morgan fingerprint density at radius 1 is 0.447 bits per heavy atom. The van der Waals surface area contributed by atoms with Crippen LogP contribution in [0.25, 0.3) is 0 Å². The summed E-state index contributed by atoms with van der Waals surface area (Å²) in [5, 5.41) is 20.1. The van der Waals surface area contributed by atoms with Crippen molar-refractivity contribution in [2.24, 2.45) is 5.41 Å². The number of ether oxygens (including phenoxy) is 2. The number of hydrogen-bond acceptors (Lipinski definition) is 6. The van der Waals surface area contributed by atoms with Crippen molar-refractivity contribution < 1.29 is 29.3 Å². The molecule has 0 spiro atoms. The van der Waals surface area contributed by atoms with Gasteiger partial charge in [0.25, 0.3) is 0 Å². The van der Waals surface area contributed by atoms with Crippen LogP contribution in [0.2, 0.25) is 0 Å². The van der Waals surface area contributed by atoms with E-state index in [0.29, 0.717) is 12.8 Å². The fourth-order valence-corrected chi connectivity index (χ4v) is 6.06. The van der Waals surface area contributed by atoms with E-state index in [1.54, 1.807) is 0 Å². The molecule has 0 aromatic rings. The predicted molar refractivity (Wildman–Crippen MR) is 198 cm³/mol. The number of carbonyl (C=O) groups excluding carboxylic acids is 2. The summed E-state index contributed by atoms with van der Waals surface area (Å²) in [5.41, 5.74) is -0.387. The van der Waals surface area contributed by atoms with Crippen LogP contribution in [0.4, 0.5) is 0 Å². The molecule has 280 valence electrons. The molecule has 2 atom stereocenters. The first-order chi connectivity index (χ1) is 22.7. The van der Waals surface area contributed by atoms with E-state index in [0.717, 1.165) is 89.9 Å². The molecule has 47 heavy (non-hydrogen) atoms. The van der Waals surface area contributed by atoms with Crippen LogP contribution < -0.4 is 0 Å². The highest BCUT2D eigenvalue weighted by atomic mass is 16.5. The fraction of sp³-hybridized carbons (Fsp3) is 0.951. The van der Waals surface area contributed by atoms with Gasteiger partial charge in [0.05, 0.1) is 25.4 Å². The summed E-state index contributed by atoms with van der Waals surface area (Å²) in [5.74, 6) is -0.318. The number of hydrogen-bond donors (Lipinski definition) is 2. The molecule has 6 heteroatoms. The van der Waals surface area contributed by atoms with E-state index < -0.39 is 0 Å². The minimum atomic E-state index is -0.387. The van der Waals surface area contributed by atoms with Gasteiger partial charge in [-0.15, -0.1) is 0 Å². The van der Waals surface area contributed by atoms with Crippen molar-refractivity contribution >= 4 is 11.9 Å². The monoisotopic (exact) mass is 669 g/mol. The van der Waals surface area contributed by atoms with Gasteiger partial charge in [-0.05, 0) is 38.5 Å². The van der Waals surface area contributed by atoms with Crippen molar-refractivity contribution in [3.05, 3.63) is 0 Å². The zero-order chi connectivity index (χ0) is 34.9. The van der Waals surface area contributed by atoms with Crippen molar-refractivity contribution in [1.82, 2.24) is 0 Å². The lowest BCUT2D eigenvalue weighted by atomic mass is 9.96. The van der Waals surface area contributed by atoms with E-state index >= 15 is 0 Å². The molecule has 0 fully saturated rings. The van der Waals surface area contributed by atoms with Crippen molar-refractivity contribution in [2.75, 3.05) is 13.2 Å². The molecule has 0 aromatic heterocycles. The van der Waals surface area contributed by atoms with Gasteiger partial charge in [-0.1, -0.05) is 169 Å². The van der Waals surface area contributed by atoms with Gasteiger partial charge in [0.2, 0.25) is 0 Å². The predicted octanol–water partition coefficient (Wildman–Crippen LogP) is 11.6. The van der Waals surface area contributed by atoms with E-state index in [2.05, 4.69) is 13.8 Å². The van der Waals surface area contributed by atoms with Crippen LogP contribution in [-0.4, -0.2) is 47.6 Å². The van der Waals surface area contributed by atoms with E-state index in [9.17, 15) is 19.8 Å². The standard InChI is InChI=1S/C41H80O6/c1-5-7-9-23-29-37(42)31-25-19-15-11-13-17-21-27-33-39(44)46-35-41(3,4)36-47-40(45)34-28-22-18-14-12-16-20-26-32-38(43)30-24-10-8-6-2/h37-38,42-43H,5-36H2,1-4H3. The second kappa shape index (κ2) is 33.4. The molecule has 2 unspecified atom stereocenters. The molecule has 0 rings (SSSR count). The highest BCUT2D eigenvalue weighted by Gasteiger charge is 2.22. The van der Waals surface area contributed by atoms with Gasteiger partial charge in [0.1, 0.15) is 0 Å². The molecule has 0 bridgehead atoms. The smallest absolute Gasteiger partial charge is 0.305 e. The molecule has 0 saturated carbocycles. The number of unbranched alkanes of at least 4 members (excludes halogenated alkanes) is 20. The van der Waals surface area contributed by atoms with E-state index in [4.69, 9.17) is 9.47 Å². The van der Waals surface area contributed by atoms with E-state index in [1.165, 1.54) is 89.9 Å². The van der Waals surface area contributed by atoms with Crippen LogP contribution in [0.15, 0.2) is 0 Å². The number of rotatable bonds is 36. The van der Waals surface area contributed by atoms with Crippen LogP contribution in [0.1, 0.15) is 220 Å². The minimum absolute atomic E-state index is 0.111. The summed E-state index contributed by atoms with van der Waals surface area (Å²) in [7, 11) is 0. The zero-order valence-corrected chi connectivity index (χ0v) is 31.8. The molecule has 6 nitrogen and oxygen atoms in total. The Morgan fingerprint density at radius 3 is 1.00 bits per heavy atom. The van der Waals surface area contributed by atoms with Gasteiger partial charge < -0.3 is 19.7 Å². The quantitative estimate of drug-likeness (QED) is 0.0510. The van der Waals surface area contributed by atoms with Crippen molar-refractivity contribution in [3.63, 3.8) is 0 Å². The lowest BCUT2D eigenvalue weighted by Gasteiger charge is -2.23. The SMILES string of the molecule is CCCCCCC(O)CCCCCCCCCCC(=O)OCC(C)(C)COC(=O)CCCCCCCCCCC(O)CCCCCC. The molecule has 2 N–H and O–H groups in total. The minimum Gasteiger partial charge on any atom is -0.465 e. The zero-order valence-electron chi connectivity index (χ0n) is 31.8. The molecule has 0 aromatic carbocycles. The molecular formula is C41H80O6. The Balaban J connectivity index is 3.58. The third-order valence-electron chi connectivity index (χ3n) is 9.37.